The van der Waals surface area contributed by atoms with Gasteiger partial charge < -0.3 is 4.90 Å². The number of hydrogen-bond donors (Lipinski definition) is 1. The number of carbonyl (C=O) groups excluding carboxylic acids is 1. The SMILES string of the molecule is CN(C)C(=O)Sc1cccc(NS(=O)(=O)c2cc(Cl)sc2Cl)c1. The summed E-state index contributed by atoms with van der Waals surface area (Å²) in [5.41, 5.74) is 0.333. The Balaban J connectivity index is 2.23. The number of nitrogens with one attached hydrogen (secondary N) is 1. The molecule has 0 spiro atoms. The van der Waals surface area contributed by atoms with Crippen LogP contribution in [0.15, 0.2) is 40.1 Å². The van der Waals surface area contributed by atoms with Crippen LogP contribution in [0.25, 0.3) is 0 Å². The van der Waals surface area contributed by atoms with E-state index < -0.39 is 10.0 Å². The minimum absolute atomic E-state index is 0.0726. The van der Waals surface area contributed by atoms with Gasteiger partial charge in [0.15, 0.2) is 0 Å². The van der Waals surface area contributed by atoms with Crippen molar-refractivity contribution in [1.82, 2.24) is 4.90 Å². The Morgan fingerprint density at radius 1 is 1.26 bits per heavy atom. The van der Waals surface area contributed by atoms with E-state index in [1.54, 1.807) is 38.4 Å². The molecule has 5 nitrogen and oxygen atoms in total. The molecular weight excluding hydrogens is 399 g/mol. The molecule has 1 heterocycles. The zero-order valence-electron chi connectivity index (χ0n) is 12.0. The predicted molar refractivity (Wildman–Crippen MR) is 96.5 cm³/mol. The number of carbonyl (C=O) groups is 1. The largest absolute Gasteiger partial charge is 0.339 e. The Labute approximate surface area is 152 Å². The van der Waals surface area contributed by atoms with Crippen molar-refractivity contribution in [2.24, 2.45) is 0 Å². The van der Waals surface area contributed by atoms with E-state index in [0.29, 0.717) is 10.6 Å². The molecule has 2 rings (SSSR count). The third kappa shape index (κ3) is 4.77. The van der Waals surface area contributed by atoms with Crippen molar-refractivity contribution in [3.63, 3.8) is 0 Å². The summed E-state index contributed by atoms with van der Waals surface area (Å²) in [5, 5.41) is -0.155. The summed E-state index contributed by atoms with van der Waals surface area (Å²) < 4.78 is 27.5. The van der Waals surface area contributed by atoms with Crippen molar-refractivity contribution in [2.45, 2.75) is 9.79 Å². The quantitative estimate of drug-likeness (QED) is 0.745. The second-order valence-corrected chi connectivity index (χ2v) is 9.55. The number of rotatable bonds is 4. The van der Waals surface area contributed by atoms with Crippen molar-refractivity contribution >= 4 is 67.3 Å². The lowest BCUT2D eigenvalue weighted by molar-refractivity contribution is 0.241. The average Bonchev–Trinajstić information content (AvgIpc) is 2.78. The van der Waals surface area contributed by atoms with Gasteiger partial charge in [-0.15, -0.1) is 11.3 Å². The molecular formula is C13H12Cl2N2O3S3. The number of thiophene rings is 1. The zero-order valence-corrected chi connectivity index (χ0v) is 16.0. The summed E-state index contributed by atoms with van der Waals surface area (Å²) in [6.45, 7) is 0. The summed E-state index contributed by atoms with van der Waals surface area (Å²) in [6.07, 6.45) is 0. The maximum atomic E-state index is 12.3. The van der Waals surface area contributed by atoms with E-state index in [9.17, 15) is 13.2 Å². The van der Waals surface area contributed by atoms with Crippen LogP contribution in [0.3, 0.4) is 0 Å². The third-order valence-electron chi connectivity index (χ3n) is 2.57. The van der Waals surface area contributed by atoms with Gasteiger partial charge in [0.25, 0.3) is 15.3 Å². The van der Waals surface area contributed by atoms with Crippen LogP contribution in [0.2, 0.25) is 8.67 Å². The highest BCUT2D eigenvalue weighted by atomic mass is 35.5. The third-order valence-corrected chi connectivity index (χ3v) is 6.74. The topological polar surface area (TPSA) is 66.5 Å². The van der Waals surface area contributed by atoms with Gasteiger partial charge in [0.2, 0.25) is 0 Å². The molecule has 0 radical (unpaired) electrons. The second kappa shape index (κ2) is 7.31. The van der Waals surface area contributed by atoms with E-state index in [0.717, 1.165) is 23.1 Å². The number of anilines is 1. The fraction of sp³-hybridized carbons (Fsp3) is 0.154. The molecule has 1 N–H and O–H groups in total. The minimum atomic E-state index is -3.85. The molecule has 0 bridgehead atoms. The van der Waals surface area contributed by atoms with Gasteiger partial charge in [0.1, 0.15) is 9.23 Å². The number of nitrogens with zero attached hydrogens (tertiary/aromatic N) is 1. The lowest BCUT2D eigenvalue weighted by atomic mass is 10.3. The summed E-state index contributed by atoms with van der Waals surface area (Å²) >= 11 is 13.7. The molecule has 0 saturated heterocycles. The van der Waals surface area contributed by atoms with E-state index >= 15 is 0 Å². The van der Waals surface area contributed by atoms with Crippen LogP contribution < -0.4 is 4.72 Å². The number of sulfonamides is 1. The van der Waals surface area contributed by atoms with Crippen LogP contribution in [-0.2, 0) is 10.0 Å². The molecule has 1 aromatic heterocycles. The van der Waals surface area contributed by atoms with Gasteiger partial charge in [-0.05, 0) is 36.0 Å². The van der Waals surface area contributed by atoms with Gasteiger partial charge in [-0.3, -0.25) is 9.52 Å². The molecule has 0 atom stereocenters. The monoisotopic (exact) mass is 410 g/mol. The van der Waals surface area contributed by atoms with E-state index in [1.807, 2.05) is 0 Å². The van der Waals surface area contributed by atoms with E-state index in [1.165, 1.54) is 11.0 Å². The molecule has 124 valence electrons. The van der Waals surface area contributed by atoms with E-state index in [-0.39, 0.29) is 18.8 Å². The van der Waals surface area contributed by atoms with Crippen molar-refractivity contribution in [3.8, 4) is 0 Å². The lowest BCUT2D eigenvalue weighted by Crippen LogP contribution is -2.16. The van der Waals surface area contributed by atoms with Crippen LogP contribution in [0.5, 0.6) is 0 Å². The molecule has 1 aromatic carbocycles. The molecule has 0 aliphatic carbocycles. The number of amides is 1. The first-order chi connectivity index (χ1) is 10.7. The van der Waals surface area contributed by atoms with Gasteiger partial charge in [-0.2, -0.15) is 0 Å². The highest BCUT2D eigenvalue weighted by Gasteiger charge is 2.21. The summed E-state index contributed by atoms with van der Waals surface area (Å²) in [6, 6.07) is 7.84. The van der Waals surface area contributed by atoms with Crippen LogP contribution >= 0.6 is 46.3 Å². The molecule has 0 saturated carbocycles. The Bertz CT molecular complexity index is 835. The highest BCUT2D eigenvalue weighted by molar-refractivity contribution is 8.13. The number of thioether (sulfide) groups is 1. The number of benzene rings is 1. The maximum absolute atomic E-state index is 12.3. The summed E-state index contributed by atoms with van der Waals surface area (Å²) in [5.74, 6) is 0. The van der Waals surface area contributed by atoms with Crippen LogP contribution in [-0.4, -0.2) is 32.7 Å². The molecule has 0 aliphatic rings. The Hall–Kier alpha value is -0.930. The fourth-order valence-corrected chi connectivity index (χ4v) is 5.45. The van der Waals surface area contributed by atoms with Gasteiger partial charge in [0.05, 0.1) is 4.34 Å². The number of halogens is 2. The minimum Gasteiger partial charge on any atom is -0.339 e. The zero-order chi connectivity index (χ0) is 17.2. The standard InChI is InChI=1S/C13H12Cl2N2O3S3/c1-17(2)13(18)21-9-5-3-4-8(6-9)16-23(19,20)10-7-11(14)22-12(10)15/h3-7,16H,1-2H3. The van der Waals surface area contributed by atoms with Crippen LogP contribution in [0, 0.1) is 0 Å². The Kier molecular flexibility index (Phi) is 5.85. The van der Waals surface area contributed by atoms with Crippen molar-refractivity contribution in [3.05, 3.63) is 39.0 Å². The van der Waals surface area contributed by atoms with Crippen molar-refractivity contribution in [2.75, 3.05) is 18.8 Å². The molecule has 0 fully saturated rings. The normalized spacial score (nSPS) is 11.3. The van der Waals surface area contributed by atoms with E-state index in [2.05, 4.69) is 4.72 Å². The van der Waals surface area contributed by atoms with E-state index in [4.69, 9.17) is 23.2 Å². The smallest absolute Gasteiger partial charge is 0.285 e. The van der Waals surface area contributed by atoms with Gasteiger partial charge in [-0.25, -0.2) is 8.42 Å². The molecule has 23 heavy (non-hydrogen) atoms. The Morgan fingerprint density at radius 3 is 2.52 bits per heavy atom. The fourth-order valence-electron chi connectivity index (χ4n) is 1.53. The molecule has 2 aromatic rings. The Morgan fingerprint density at radius 2 is 1.96 bits per heavy atom. The first-order valence-corrected chi connectivity index (χ1v) is 10.0. The molecule has 0 aliphatic heterocycles. The first kappa shape index (κ1) is 18.4. The average molecular weight is 411 g/mol. The van der Waals surface area contributed by atoms with Gasteiger partial charge >= 0.3 is 0 Å². The molecule has 10 heteroatoms. The summed E-state index contributed by atoms with van der Waals surface area (Å²) in [7, 11) is -0.559. The van der Waals surface area contributed by atoms with Gasteiger partial charge in [0, 0.05) is 24.7 Å². The molecule has 1 amide bonds. The first-order valence-electron chi connectivity index (χ1n) is 6.16. The van der Waals surface area contributed by atoms with Crippen LogP contribution in [0.1, 0.15) is 0 Å². The lowest BCUT2D eigenvalue weighted by Gasteiger charge is -2.11. The second-order valence-electron chi connectivity index (χ2n) is 4.58. The summed E-state index contributed by atoms with van der Waals surface area (Å²) in [4.78, 5) is 13.7. The highest BCUT2D eigenvalue weighted by Crippen LogP contribution is 2.35. The van der Waals surface area contributed by atoms with Crippen molar-refractivity contribution < 1.29 is 13.2 Å². The molecule has 0 unspecified atom stereocenters. The maximum Gasteiger partial charge on any atom is 0.285 e. The van der Waals surface area contributed by atoms with Crippen molar-refractivity contribution in [1.29, 1.82) is 0 Å². The van der Waals surface area contributed by atoms with Crippen LogP contribution in [0.4, 0.5) is 10.5 Å². The predicted octanol–water partition coefficient (Wildman–Crippen LogP) is 4.63. The van der Waals surface area contributed by atoms with Gasteiger partial charge in [-0.1, -0.05) is 29.3 Å². The number of hydrogen-bond acceptors (Lipinski definition) is 5.